The van der Waals surface area contributed by atoms with Crippen molar-refractivity contribution in [3.63, 3.8) is 0 Å². The quantitative estimate of drug-likeness (QED) is 0.503. The van der Waals surface area contributed by atoms with Gasteiger partial charge in [0.15, 0.2) is 0 Å². The van der Waals surface area contributed by atoms with E-state index in [1.54, 1.807) is 4.90 Å². The molecule has 1 aliphatic rings. The van der Waals surface area contributed by atoms with E-state index in [0.717, 1.165) is 32.7 Å². The molecule has 0 aromatic carbocycles. The van der Waals surface area contributed by atoms with Crippen molar-refractivity contribution in [3.8, 4) is 0 Å². The van der Waals surface area contributed by atoms with Gasteiger partial charge < -0.3 is 4.90 Å². The highest BCUT2D eigenvalue weighted by molar-refractivity contribution is 6.62. The molecule has 1 saturated heterocycles. The topological polar surface area (TPSA) is 23.6 Å². The lowest BCUT2D eigenvalue weighted by Crippen LogP contribution is -2.47. The van der Waals surface area contributed by atoms with Gasteiger partial charge in [-0.3, -0.25) is 9.69 Å². The molecule has 0 aliphatic carbocycles. The van der Waals surface area contributed by atoms with E-state index in [0.29, 0.717) is 0 Å². The summed E-state index contributed by atoms with van der Waals surface area (Å²) in [6, 6.07) is 0. The molecule has 0 atom stereocenters. The minimum atomic E-state index is -0.322. The molecule has 1 radical (unpaired) electrons. The molecule has 0 spiro atoms. The first kappa shape index (κ1) is 10.8. The van der Waals surface area contributed by atoms with Crippen LogP contribution < -0.4 is 0 Å². The molecule has 0 saturated carbocycles. The zero-order valence-corrected chi connectivity index (χ0v) is 8.97. The zero-order valence-electron chi connectivity index (χ0n) is 8.22. The Bertz CT molecular complexity index is 176. The molecule has 0 bridgehead atoms. The van der Waals surface area contributed by atoms with Gasteiger partial charge in [0.2, 0.25) is 0 Å². The number of hydrogen-bond acceptors (Lipinski definition) is 2. The molecule has 13 heavy (non-hydrogen) atoms. The van der Waals surface area contributed by atoms with E-state index in [4.69, 9.17) is 11.6 Å². The SMILES string of the molecule is C[C](C)CN1CCN(C(=O)Cl)CC1. The molecule has 0 aromatic rings. The number of carbonyl (C=O) groups is 1. The van der Waals surface area contributed by atoms with E-state index in [1.165, 1.54) is 5.92 Å². The van der Waals surface area contributed by atoms with Crippen molar-refractivity contribution >= 4 is 17.0 Å². The fraction of sp³-hybridized carbons (Fsp3) is 0.778. The third-order valence-electron chi connectivity index (χ3n) is 2.16. The fourth-order valence-corrected chi connectivity index (χ4v) is 1.70. The van der Waals surface area contributed by atoms with Crippen LogP contribution in [0.3, 0.4) is 0 Å². The van der Waals surface area contributed by atoms with Gasteiger partial charge in [0.05, 0.1) is 0 Å². The van der Waals surface area contributed by atoms with Gasteiger partial charge >= 0.3 is 5.37 Å². The Morgan fingerprint density at radius 2 is 1.77 bits per heavy atom. The molecule has 0 aromatic heterocycles. The monoisotopic (exact) mass is 203 g/mol. The Labute approximate surface area is 84.6 Å². The molecular formula is C9H16ClN2O. The number of halogens is 1. The Balaban J connectivity index is 2.26. The first-order chi connectivity index (χ1) is 6.09. The van der Waals surface area contributed by atoms with E-state index in [1.807, 2.05) is 0 Å². The molecule has 1 heterocycles. The zero-order chi connectivity index (χ0) is 9.84. The minimum Gasteiger partial charge on any atom is -0.327 e. The molecule has 4 heteroatoms. The van der Waals surface area contributed by atoms with Crippen LogP contribution in [0.15, 0.2) is 0 Å². The molecule has 1 aliphatic heterocycles. The van der Waals surface area contributed by atoms with Gasteiger partial charge in [-0.05, 0) is 17.5 Å². The van der Waals surface area contributed by atoms with Gasteiger partial charge in [0.25, 0.3) is 0 Å². The van der Waals surface area contributed by atoms with Crippen LogP contribution in [0.4, 0.5) is 4.79 Å². The third kappa shape index (κ3) is 3.53. The van der Waals surface area contributed by atoms with Gasteiger partial charge in [0.1, 0.15) is 0 Å². The second-order valence-corrected chi connectivity index (χ2v) is 4.05. The smallest absolute Gasteiger partial charge is 0.316 e. The highest BCUT2D eigenvalue weighted by atomic mass is 35.5. The van der Waals surface area contributed by atoms with Crippen molar-refractivity contribution in [3.05, 3.63) is 5.92 Å². The van der Waals surface area contributed by atoms with Gasteiger partial charge in [-0.2, -0.15) is 0 Å². The summed E-state index contributed by atoms with van der Waals surface area (Å²) >= 11 is 5.37. The summed E-state index contributed by atoms with van der Waals surface area (Å²) in [5, 5.41) is -0.322. The summed E-state index contributed by atoms with van der Waals surface area (Å²) in [6.07, 6.45) is 0. The van der Waals surface area contributed by atoms with Crippen LogP contribution >= 0.6 is 11.6 Å². The lowest BCUT2D eigenvalue weighted by molar-refractivity contribution is 0.157. The number of nitrogens with zero attached hydrogens (tertiary/aromatic N) is 2. The molecule has 1 rings (SSSR count). The Hall–Kier alpha value is -0.280. The number of carbonyl (C=O) groups excluding carboxylic acids is 1. The van der Waals surface area contributed by atoms with Crippen LogP contribution in [0.2, 0.25) is 0 Å². The summed E-state index contributed by atoms with van der Waals surface area (Å²) in [5.74, 6) is 1.41. The third-order valence-corrected chi connectivity index (χ3v) is 2.40. The van der Waals surface area contributed by atoms with E-state index < -0.39 is 0 Å². The average molecular weight is 204 g/mol. The van der Waals surface area contributed by atoms with Crippen molar-refractivity contribution in [2.24, 2.45) is 0 Å². The Morgan fingerprint density at radius 3 is 2.15 bits per heavy atom. The van der Waals surface area contributed by atoms with E-state index >= 15 is 0 Å². The fourth-order valence-electron chi connectivity index (χ4n) is 1.53. The lowest BCUT2D eigenvalue weighted by atomic mass is 10.2. The number of hydrogen-bond donors (Lipinski definition) is 0. The van der Waals surface area contributed by atoms with Crippen LogP contribution in [-0.2, 0) is 0 Å². The first-order valence-corrected chi connectivity index (χ1v) is 4.93. The summed E-state index contributed by atoms with van der Waals surface area (Å²) in [4.78, 5) is 14.8. The Morgan fingerprint density at radius 1 is 1.23 bits per heavy atom. The van der Waals surface area contributed by atoms with Gasteiger partial charge in [0, 0.05) is 32.7 Å². The van der Waals surface area contributed by atoms with Crippen LogP contribution in [0.1, 0.15) is 13.8 Å². The minimum absolute atomic E-state index is 0.322. The first-order valence-electron chi connectivity index (χ1n) is 4.55. The number of rotatable bonds is 2. The number of piperazine rings is 1. The predicted molar refractivity (Wildman–Crippen MR) is 53.9 cm³/mol. The summed E-state index contributed by atoms with van der Waals surface area (Å²) in [7, 11) is 0. The van der Waals surface area contributed by atoms with Crippen molar-refractivity contribution < 1.29 is 4.79 Å². The highest BCUT2D eigenvalue weighted by Crippen LogP contribution is 2.07. The molecule has 3 nitrogen and oxygen atoms in total. The van der Waals surface area contributed by atoms with Crippen molar-refractivity contribution in [1.29, 1.82) is 0 Å². The maximum absolute atomic E-state index is 10.8. The molecule has 1 fully saturated rings. The van der Waals surface area contributed by atoms with Crippen LogP contribution in [0, 0.1) is 5.92 Å². The molecule has 0 N–H and O–H groups in total. The summed E-state index contributed by atoms with van der Waals surface area (Å²) in [6.45, 7) is 8.67. The molecule has 75 valence electrons. The van der Waals surface area contributed by atoms with Gasteiger partial charge in [-0.25, -0.2) is 0 Å². The molecule has 0 unspecified atom stereocenters. The van der Waals surface area contributed by atoms with Gasteiger partial charge in [-0.15, -0.1) is 0 Å². The standard InChI is InChI=1S/C9H16ClN2O/c1-8(2)7-11-3-5-12(6-4-11)9(10)13/h3-7H2,1-2H3. The van der Waals surface area contributed by atoms with Crippen LogP contribution in [0.25, 0.3) is 0 Å². The normalized spacial score (nSPS) is 19.5. The largest absolute Gasteiger partial charge is 0.327 e. The van der Waals surface area contributed by atoms with Crippen molar-refractivity contribution in [2.45, 2.75) is 13.8 Å². The average Bonchev–Trinajstić information content (AvgIpc) is 2.04. The van der Waals surface area contributed by atoms with Gasteiger partial charge in [-0.1, -0.05) is 13.8 Å². The van der Waals surface area contributed by atoms with E-state index in [9.17, 15) is 4.79 Å². The van der Waals surface area contributed by atoms with Crippen LogP contribution in [0.5, 0.6) is 0 Å². The summed E-state index contributed by atoms with van der Waals surface area (Å²) < 4.78 is 0. The van der Waals surface area contributed by atoms with E-state index in [-0.39, 0.29) is 5.37 Å². The highest BCUT2D eigenvalue weighted by Gasteiger charge is 2.19. The van der Waals surface area contributed by atoms with Crippen LogP contribution in [-0.4, -0.2) is 47.9 Å². The molecule has 1 amide bonds. The molecular weight excluding hydrogens is 188 g/mol. The maximum Gasteiger partial charge on any atom is 0.316 e. The van der Waals surface area contributed by atoms with Crippen molar-refractivity contribution in [1.82, 2.24) is 9.80 Å². The predicted octanol–water partition coefficient (Wildman–Crippen LogP) is 1.58. The van der Waals surface area contributed by atoms with E-state index in [2.05, 4.69) is 18.7 Å². The summed E-state index contributed by atoms with van der Waals surface area (Å²) in [5.41, 5.74) is 0. The number of amides is 1. The maximum atomic E-state index is 10.8. The second-order valence-electron chi connectivity index (χ2n) is 3.72. The van der Waals surface area contributed by atoms with Crippen molar-refractivity contribution in [2.75, 3.05) is 32.7 Å². The lowest BCUT2D eigenvalue weighted by Gasteiger charge is -2.34. The Kier molecular flexibility index (Phi) is 4.00. The second kappa shape index (κ2) is 4.82.